The van der Waals surface area contributed by atoms with E-state index in [0.717, 1.165) is 34.1 Å². The molecule has 0 fully saturated rings. The standard InChI is InChI=1S/C60H40N4/c1-4-16-43(17-5-1)61(48-34-37-59-54(40-48)51-24-12-15-27-57(51)62(59)44-18-6-2-7-19-44)46-30-32-47(33-31-46)63-56-26-14-11-23-50(56)53-38-41(29-36-58(53)63)42-28-35-52-49-22-10-13-25-55(49)64(60(52)39-42)45-20-8-3-9-21-45/h1-40H. The maximum absolute atomic E-state index is 2.41. The lowest BCUT2D eigenvalue weighted by Gasteiger charge is -2.26. The maximum Gasteiger partial charge on any atom is 0.0547 e. The lowest BCUT2D eigenvalue weighted by molar-refractivity contribution is 1.17. The van der Waals surface area contributed by atoms with Crippen LogP contribution >= 0.6 is 0 Å². The van der Waals surface area contributed by atoms with E-state index in [1.165, 1.54) is 76.5 Å². The van der Waals surface area contributed by atoms with Gasteiger partial charge in [-0.25, -0.2) is 0 Å². The molecule has 0 spiro atoms. The molecule has 0 aliphatic carbocycles. The largest absolute Gasteiger partial charge is 0.310 e. The molecule has 3 heterocycles. The third kappa shape index (κ3) is 5.63. The van der Waals surface area contributed by atoms with Crippen LogP contribution < -0.4 is 4.90 Å². The van der Waals surface area contributed by atoms with Crippen LogP contribution in [0.4, 0.5) is 17.1 Å². The fourth-order valence-electron chi connectivity index (χ4n) is 10.2. The highest BCUT2D eigenvalue weighted by atomic mass is 15.1. The van der Waals surface area contributed by atoms with Crippen LogP contribution in [0.1, 0.15) is 0 Å². The van der Waals surface area contributed by atoms with Gasteiger partial charge in [-0.2, -0.15) is 0 Å². The van der Waals surface area contributed by atoms with Crippen LogP contribution in [0.3, 0.4) is 0 Å². The van der Waals surface area contributed by atoms with Crippen LogP contribution in [0.15, 0.2) is 243 Å². The first-order chi connectivity index (χ1) is 31.8. The number of para-hydroxylation sites is 6. The van der Waals surface area contributed by atoms with Gasteiger partial charge in [0, 0.05) is 66.4 Å². The van der Waals surface area contributed by atoms with E-state index in [4.69, 9.17) is 0 Å². The molecular formula is C60H40N4. The minimum atomic E-state index is 1.09. The number of anilines is 3. The Hall–Kier alpha value is -8.60. The van der Waals surface area contributed by atoms with Gasteiger partial charge in [0.15, 0.2) is 0 Å². The van der Waals surface area contributed by atoms with Crippen LogP contribution in [0.2, 0.25) is 0 Å². The van der Waals surface area contributed by atoms with E-state index >= 15 is 0 Å². The second kappa shape index (κ2) is 14.5. The molecule has 13 rings (SSSR count). The normalized spacial score (nSPS) is 11.8. The van der Waals surface area contributed by atoms with Crippen molar-refractivity contribution in [3.63, 3.8) is 0 Å². The second-order valence-corrected chi connectivity index (χ2v) is 16.6. The highest BCUT2D eigenvalue weighted by Crippen LogP contribution is 2.42. The van der Waals surface area contributed by atoms with E-state index in [1.807, 2.05) is 0 Å². The van der Waals surface area contributed by atoms with Gasteiger partial charge in [-0.05, 0) is 126 Å². The average Bonchev–Trinajstić information content (AvgIpc) is 4.00. The third-order valence-corrected chi connectivity index (χ3v) is 13.0. The van der Waals surface area contributed by atoms with Crippen molar-refractivity contribution in [3.8, 4) is 28.2 Å². The van der Waals surface area contributed by atoms with Crippen molar-refractivity contribution in [1.82, 2.24) is 13.7 Å². The highest BCUT2D eigenvalue weighted by molar-refractivity contribution is 6.13. The van der Waals surface area contributed by atoms with E-state index in [-0.39, 0.29) is 0 Å². The van der Waals surface area contributed by atoms with E-state index in [9.17, 15) is 0 Å². The molecule has 0 N–H and O–H groups in total. The summed E-state index contributed by atoms with van der Waals surface area (Å²) in [4.78, 5) is 2.37. The number of nitrogens with zero attached hydrogens (tertiary/aromatic N) is 4. The molecule has 0 aliphatic rings. The van der Waals surface area contributed by atoms with Gasteiger partial charge in [0.25, 0.3) is 0 Å². The number of hydrogen-bond donors (Lipinski definition) is 0. The van der Waals surface area contributed by atoms with Crippen molar-refractivity contribution in [2.45, 2.75) is 0 Å². The zero-order chi connectivity index (χ0) is 42.1. The van der Waals surface area contributed by atoms with Gasteiger partial charge in [0.2, 0.25) is 0 Å². The first kappa shape index (κ1) is 36.1. The molecule has 64 heavy (non-hydrogen) atoms. The summed E-state index contributed by atoms with van der Waals surface area (Å²) in [6.07, 6.45) is 0. The molecule has 0 radical (unpaired) electrons. The lowest BCUT2D eigenvalue weighted by atomic mass is 10.0. The van der Waals surface area contributed by atoms with E-state index in [2.05, 4.69) is 261 Å². The van der Waals surface area contributed by atoms with Gasteiger partial charge in [-0.15, -0.1) is 0 Å². The lowest BCUT2D eigenvalue weighted by Crippen LogP contribution is -2.10. The predicted octanol–water partition coefficient (Wildman–Crippen LogP) is 16.1. The molecule has 4 heteroatoms. The second-order valence-electron chi connectivity index (χ2n) is 16.6. The van der Waals surface area contributed by atoms with Crippen LogP contribution in [0.25, 0.3) is 93.6 Å². The van der Waals surface area contributed by atoms with Crippen molar-refractivity contribution >= 4 is 82.5 Å². The van der Waals surface area contributed by atoms with Crippen molar-refractivity contribution < 1.29 is 0 Å². The molecule has 0 unspecified atom stereocenters. The number of hydrogen-bond acceptors (Lipinski definition) is 1. The summed E-state index contributed by atoms with van der Waals surface area (Å²) in [5, 5.41) is 7.44. The monoisotopic (exact) mass is 816 g/mol. The molecule has 0 amide bonds. The Morgan fingerprint density at radius 2 is 0.594 bits per heavy atom. The Labute approximate surface area is 370 Å². The molecule has 300 valence electrons. The zero-order valence-corrected chi connectivity index (χ0v) is 34.9. The SMILES string of the molecule is c1ccc(N(c2ccc(-n3c4ccccc4c4cc(-c5ccc6c7ccccc7n(-c7ccccc7)c6c5)ccc43)cc2)c2ccc3c(c2)c2ccccc2n3-c2ccccc2)cc1. The Bertz CT molecular complexity index is 3880. The molecule has 0 saturated carbocycles. The predicted molar refractivity (Wildman–Crippen MR) is 270 cm³/mol. The third-order valence-electron chi connectivity index (χ3n) is 13.0. The van der Waals surface area contributed by atoms with Gasteiger partial charge in [0.1, 0.15) is 0 Å². The molecule has 13 aromatic rings. The molecule has 4 nitrogen and oxygen atoms in total. The number of rotatable bonds is 7. The van der Waals surface area contributed by atoms with Gasteiger partial charge < -0.3 is 18.6 Å². The fraction of sp³-hybridized carbons (Fsp3) is 0. The Morgan fingerprint density at radius 3 is 1.19 bits per heavy atom. The molecular weight excluding hydrogens is 777 g/mol. The van der Waals surface area contributed by atoms with Crippen LogP contribution in [0.5, 0.6) is 0 Å². The van der Waals surface area contributed by atoms with E-state index in [1.54, 1.807) is 0 Å². The summed E-state index contributed by atoms with van der Waals surface area (Å²) in [7, 11) is 0. The molecule has 10 aromatic carbocycles. The molecule has 0 aliphatic heterocycles. The van der Waals surface area contributed by atoms with Gasteiger partial charge >= 0.3 is 0 Å². The summed E-state index contributed by atoms with van der Waals surface area (Å²) < 4.78 is 7.17. The molecule has 0 bridgehead atoms. The average molecular weight is 817 g/mol. The number of aromatic nitrogens is 3. The first-order valence-corrected chi connectivity index (χ1v) is 21.9. The number of fused-ring (bicyclic) bond motifs is 9. The highest BCUT2D eigenvalue weighted by Gasteiger charge is 2.19. The van der Waals surface area contributed by atoms with Crippen molar-refractivity contribution in [1.29, 1.82) is 0 Å². The summed E-state index contributed by atoms with van der Waals surface area (Å²) >= 11 is 0. The first-order valence-electron chi connectivity index (χ1n) is 21.9. The minimum Gasteiger partial charge on any atom is -0.310 e. The van der Waals surface area contributed by atoms with Gasteiger partial charge in [-0.1, -0.05) is 127 Å². The Kier molecular flexibility index (Phi) is 8.18. The topological polar surface area (TPSA) is 18.0 Å². The molecule has 3 aromatic heterocycles. The van der Waals surface area contributed by atoms with Crippen molar-refractivity contribution in [2.75, 3.05) is 4.90 Å². The van der Waals surface area contributed by atoms with Crippen molar-refractivity contribution in [2.24, 2.45) is 0 Å². The summed E-state index contributed by atoms with van der Waals surface area (Å²) in [5.41, 5.74) is 16.3. The number of benzene rings is 10. The summed E-state index contributed by atoms with van der Waals surface area (Å²) in [5.74, 6) is 0. The van der Waals surface area contributed by atoms with Crippen LogP contribution in [-0.4, -0.2) is 13.7 Å². The van der Waals surface area contributed by atoms with Gasteiger partial charge in [0.05, 0.1) is 33.1 Å². The fourth-order valence-corrected chi connectivity index (χ4v) is 10.2. The molecule has 0 atom stereocenters. The van der Waals surface area contributed by atoms with Crippen molar-refractivity contribution in [3.05, 3.63) is 243 Å². The minimum absolute atomic E-state index is 1.09. The summed E-state index contributed by atoms with van der Waals surface area (Å²) in [6, 6.07) is 88.1. The maximum atomic E-state index is 2.41. The molecule has 0 saturated heterocycles. The smallest absolute Gasteiger partial charge is 0.0547 e. The quantitative estimate of drug-likeness (QED) is 0.157. The summed E-state index contributed by atoms with van der Waals surface area (Å²) in [6.45, 7) is 0. The van der Waals surface area contributed by atoms with E-state index < -0.39 is 0 Å². The van der Waals surface area contributed by atoms with Gasteiger partial charge in [-0.3, -0.25) is 0 Å². The zero-order valence-electron chi connectivity index (χ0n) is 34.9. The van der Waals surface area contributed by atoms with E-state index in [0.29, 0.717) is 0 Å². The Morgan fingerprint density at radius 1 is 0.219 bits per heavy atom. The Balaban J connectivity index is 0.920. The van der Waals surface area contributed by atoms with Crippen LogP contribution in [0, 0.1) is 0 Å². The van der Waals surface area contributed by atoms with Crippen LogP contribution in [-0.2, 0) is 0 Å².